The number of carbonyl (C=O) groups is 1. The van der Waals surface area contributed by atoms with Gasteiger partial charge in [0, 0.05) is 18.2 Å². The molecule has 0 aliphatic carbocycles. The van der Waals surface area contributed by atoms with Crippen molar-refractivity contribution in [2.24, 2.45) is 0 Å². The fraction of sp³-hybridized carbons (Fsp3) is 0.235. The summed E-state index contributed by atoms with van der Waals surface area (Å²) in [5.74, 6) is -1.50. The molecule has 0 aromatic heterocycles. The summed E-state index contributed by atoms with van der Waals surface area (Å²) in [5, 5.41) is 4.93. The van der Waals surface area contributed by atoms with Gasteiger partial charge in [0.2, 0.25) is 0 Å². The molecule has 0 heterocycles. The Kier molecular flexibility index (Phi) is 5.61. The van der Waals surface area contributed by atoms with Crippen LogP contribution in [0.4, 0.5) is 26.7 Å². The second-order valence-electron chi connectivity index (χ2n) is 5.41. The third-order valence-electron chi connectivity index (χ3n) is 3.51. The summed E-state index contributed by atoms with van der Waals surface area (Å²) in [7, 11) is 0. The number of urea groups is 1. The van der Waals surface area contributed by atoms with Gasteiger partial charge in [-0.3, -0.25) is 0 Å². The summed E-state index contributed by atoms with van der Waals surface area (Å²) in [6.07, 6.45) is -4.42. The number of carbonyl (C=O) groups excluding carboxylic acids is 1. The minimum absolute atomic E-state index is 0.00257. The summed E-state index contributed by atoms with van der Waals surface area (Å²) < 4.78 is 63.9. The monoisotopic (exact) mass is 358 g/mol. The van der Waals surface area contributed by atoms with Crippen LogP contribution in [0.2, 0.25) is 0 Å². The fourth-order valence-corrected chi connectivity index (χ4v) is 2.17. The Morgan fingerprint density at radius 3 is 2.28 bits per heavy atom. The van der Waals surface area contributed by atoms with Crippen LogP contribution in [0.3, 0.4) is 0 Å². The zero-order valence-corrected chi connectivity index (χ0v) is 13.1. The molecule has 0 radical (unpaired) electrons. The average Bonchev–Trinajstić information content (AvgIpc) is 2.52. The second kappa shape index (κ2) is 7.50. The molecule has 25 heavy (non-hydrogen) atoms. The molecule has 0 fully saturated rings. The summed E-state index contributed by atoms with van der Waals surface area (Å²) in [6.45, 7) is 1.52. The largest absolute Gasteiger partial charge is 0.416 e. The summed E-state index contributed by atoms with van der Waals surface area (Å²) >= 11 is 0. The lowest BCUT2D eigenvalue weighted by Crippen LogP contribution is -2.36. The molecule has 2 N–H and O–H groups in total. The Balaban J connectivity index is 1.90. The summed E-state index contributed by atoms with van der Waals surface area (Å²) in [4.78, 5) is 11.8. The molecule has 0 spiro atoms. The first-order valence-corrected chi connectivity index (χ1v) is 7.32. The van der Waals surface area contributed by atoms with E-state index in [0.29, 0.717) is 11.6 Å². The third kappa shape index (κ3) is 5.17. The van der Waals surface area contributed by atoms with Crippen molar-refractivity contribution in [2.45, 2.75) is 25.7 Å². The van der Waals surface area contributed by atoms with E-state index in [9.17, 15) is 26.7 Å². The van der Waals surface area contributed by atoms with E-state index in [2.05, 4.69) is 10.6 Å². The number of hydrogen-bond acceptors (Lipinski definition) is 1. The zero-order valence-electron chi connectivity index (χ0n) is 13.1. The van der Waals surface area contributed by atoms with E-state index in [-0.39, 0.29) is 12.1 Å². The number of rotatable bonds is 4. The van der Waals surface area contributed by atoms with Crippen LogP contribution < -0.4 is 10.6 Å². The van der Waals surface area contributed by atoms with E-state index in [1.807, 2.05) is 0 Å². The van der Waals surface area contributed by atoms with E-state index in [0.717, 1.165) is 18.2 Å². The van der Waals surface area contributed by atoms with Crippen LogP contribution in [0.1, 0.15) is 29.7 Å². The van der Waals surface area contributed by atoms with E-state index in [4.69, 9.17) is 0 Å². The first-order chi connectivity index (χ1) is 11.7. The van der Waals surface area contributed by atoms with Crippen LogP contribution >= 0.6 is 0 Å². The topological polar surface area (TPSA) is 41.1 Å². The molecule has 0 aliphatic rings. The summed E-state index contributed by atoms with van der Waals surface area (Å²) in [6, 6.07) is 6.04. The minimum atomic E-state index is -4.42. The molecular weight excluding hydrogens is 343 g/mol. The van der Waals surface area contributed by atoms with Gasteiger partial charge in [-0.2, -0.15) is 13.2 Å². The van der Waals surface area contributed by atoms with Crippen LogP contribution in [0, 0.1) is 11.6 Å². The number of amides is 2. The quantitative estimate of drug-likeness (QED) is 0.774. The van der Waals surface area contributed by atoms with Crippen LogP contribution in [0.15, 0.2) is 42.5 Å². The van der Waals surface area contributed by atoms with Crippen molar-refractivity contribution in [3.63, 3.8) is 0 Å². The highest BCUT2D eigenvalue weighted by Crippen LogP contribution is 2.29. The van der Waals surface area contributed by atoms with Crippen LogP contribution in [0.25, 0.3) is 0 Å². The van der Waals surface area contributed by atoms with Crippen molar-refractivity contribution in [1.82, 2.24) is 10.6 Å². The summed E-state index contributed by atoms with van der Waals surface area (Å²) in [5.41, 5.74) is -0.184. The predicted octanol–water partition coefficient (Wildman–Crippen LogP) is 4.54. The average molecular weight is 358 g/mol. The first-order valence-electron chi connectivity index (χ1n) is 7.32. The lowest BCUT2D eigenvalue weighted by molar-refractivity contribution is -0.137. The van der Waals surface area contributed by atoms with Gasteiger partial charge in [0.05, 0.1) is 11.6 Å². The molecule has 2 rings (SSSR count). The smallest absolute Gasteiger partial charge is 0.334 e. The van der Waals surface area contributed by atoms with Crippen molar-refractivity contribution in [2.75, 3.05) is 0 Å². The molecule has 0 saturated carbocycles. The molecule has 0 saturated heterocycles. The first kappa shape index (κ1) is 18.7. The van der Waals surface area contributed by atoms with Gasteiger partial charge in [-0.05, 0) is 30.7 Å². The molecule has 0 aliphatic heterocycles. The Bertz CT molecular complexity index is 744. The predicted molar refractivity (Wildman–Crippen MR) is 81.6 cm³/mol. The van der Waals surface area contributed by atoms with Crippen LogP contribution in [-0.2, 0) is 12.7 Å². The highest BCUT2D eigenvalue weighted by Gasteiger charge is 2.29. The molecule has 2 amide bonds. The molecule has 0 bridgehead atoms. The number of halogens is 5. The van der Waals surface area contributed by atoms with Crippen LogP contribution in [0.5, 0.6) is 0 Å². The van der Waals surface area contributed by atoms with Gasteiger partial charge in [-0.15, -0.1) is 0 Å². The maximum atomic E-state index is 13.6. The molecule has 2 aromatic carbocycles. The number of benzene rings is 2. The van der Waals surface area contributed by atoms with E-state index < -0.39 is 35.4 Å². The van der Waals surface area contributed by atoms with Crippen molar-refractivity contribution in [3.8, 4) is 0 Å². The normalized spacial score (nSPS) is 12.6. The van der Waals surface area contributed by atoms with Crippen molar-refractivity contribution in [1.29, 1.82) is 0 Å². The third-order valence-corrected chi connectivity index (χ3v) is 3.51. The van der Waals surface area contributed by atoms with Crippen molar-refractivity contribution >= 4 is 6.03 Å². The highest BCUT2D eigenvalue weighted by atomic mass is 19.4. The number of hydrogen-bond donors (Lipinski definition) is 2. The van der Waals surface area contributed by atoms with E-state index in [1.165, 1.54) is 25.1 Å². The van der Waals surface area contributed by atoms with E-state index in [1.54, 1.807) is 0 Å². The fourth-order valence-electron chi connectivity index (χ4n) is 2.17. The molecule has 1 atom stereocenters. The van der Waals surface area contributed by atoms with Gasteiger partial charge in [0.25, 0.3) is 0 Å². The molecule has 3 nitrogen and oxygen atoms in total. The Morgan fingerprint density at radius 1 is 1.08 bits per heavy atom. The number of nitrogens with one attached hydrogen (secondary N) is 2. The maximum Gasteiger partial charge on any atom is 0.416 e. The lowest BCUT2D eigenvalue weighted by Gasteiger charge is -2.16. The van der Waals surface area contributed by atoms with Gasteiger partial charge < -0.3 is 10.6 Å². The Hall–Kier alpha value is -2.64. The molecule has 134 valence electrons. The minimum Gasteiger partial charge on any atom is -0.334 e. The van der Waals surface area contributed by atoms with Gasteiger partial charge in [0.1, 0.15) is 11.6 Å². The van der Waals surface area contributed by atoms with Crippen molar-refractivity contribution < 1.29 is 26.7 Å². The maximum absolute atomic E-state index is 13.6. The molecule has 8 heteroatoms. The highest BCUT2D eigenvalue weighted by molar-refractivity contribution is 5.74. The number of alkyl halides is 3. The van der Waals surface area contributed by atoms with Gasteiger partial charge in [-0.1, -0.05) is 18.2 Å². The zero-order chi connectivity index (χ0) is 18.6. The second-order valence-corrected chi connectivity index (χ2v) is 5.41. The van der Waals surface area contributed by atoms with Gasteiger partial charge in [0.15, 0.2) is 0 Å². The van der Waals surface area contributed by atoms with Gasteiger partial charge in [-0.25, -0.2) is 13.6 Å². The SMILES string of the molecule is CC(NC(=O)NCc1ccc(C(F)(F)F)cc1)c1ccc(F)cc1F. The van der Waals surface area contributed by atoms with Crippen molar-refractivity contribution in [3.05, 3.63) is 70.8 Å². The molecule has 1 unspecified atom stereocenters. The Labute approximate surface area is 140 Å². The van der Waals surface area contributed by atoms with E-state index >= 15 is 0 Å². The lowest BCUT2D eigenvalue weighted by atomic mass is 10.1. The molecule has 2 aromatic rings. The van der Waals surface area contributed by atoms with Gasteiger partial charge >= 0.3 is 12.2 Å². The molecular formula is C17H15F5N2O. The standard InChI is InChI=1S/C17H15F5N2O/c1-10(14-7-6-13(18)8-15(14)19)24-16(25)23-9-11-2-4-12(5-3-11)17(20,21)22/h2-8,10H,9H2,1H3,(H2,23,24,25). The Morgan fingerprint density at radius 2 is 1.72 bits per heavy atom. The van der Waals surface area contributed by atoms with Crippen LogP contribution in [-0.4, -0.2) is 6.03 Å².